The molecule has 0 amide bonds. The zero-order valence-corrected chi connectivity index (χ0v) is 13.6. The molecule has 120 valence electrons. The van der Waals surface area contributed by atoms with E-state index in [0.29, 0.717) is 17.2 Å². The van der Waals surface area contributed by atoms with Crippen LogP contribution in [-0.2, 0) is 10.0 Å². The lowest BCUT2D eigenvalue weighted by Gasteiger charge is -2.08. The first kappa shape index (κ1) is 15.2. The van der Waals surface area contributed by atoms with Crippen molar-refractivity contribution in [3.63, 3.8) is 0 Å². The third-order valence-electron chi connectivity index (χ3n) is 3.31. The molecule has 3 aromatic heterocycles. The van der Waals surface area contributed by atoms with Crippen molar-refractivity contribution >= 4 is 15.7 Å². The second-order valence-corrected chi connectivity index (χ2v) is 6.63. The number of hydrogen-bond donors (Lipinski definition) is 1. The number of imidazole rings is 1. The highest BCUT2D eigenvalue weighted by Gasteiger charge is 2.24. The molecule has 0 atom stereocenters. The molecule has 0 aliphatic carbocycles. The van der Waals surface area contributed by atoms with Gasteiger partial charge in [0, 0.05) is 12.4 Å². The van der Waals surface area contributed by atoms with Crippen molar-refractivity contribution in [2.24, 2.45) is 0 Å². The van der Waals surface area contributed by atoms with Gasteiger partial charge in [-0.2, -0.15) is 0 Å². The van der Waals surface area contributed by atoms with Crippen LogP contribution in [0.25, 0.3) is 5.82 Å². The number of nitrogens with one attached hydrogen (secondary N) is 1. The van der Waals surface area contributed by atoms with Crippen LogP contribution < -0.4 is 4.72 Å². The number of hydrogen-bond acceptors (Lipinski definition) is 6. The van der Waals surface area contributed by atoms with E-state index in [9.17, 15) is 8.42 Å². The summed E-state index contributed by atoms with van der Waals surface area (Å²) in [6, 6.07) is 3.34. The Balaban J connectivity index is 1.88. The van der Waals surface area contributed by atoms with Gasteiger partial charge in [-0.15, -0.1) is 0 Å². The normalized spacial score (nSPS) is 11.6. The van der Waals surface area contributed by atoms with E-state index in [1.165, 1.54) is 6.20 Å². The third-order valence-corrected chi connectivity index (χ3v) is 4.93. The standard InChI is InChI=1S/C14H15N5O3S/c1-9-14(10(2)22-17-9)23(20,21)18-12-4-5-13(16-8-12)19-7-6-15-11(19)3/h4-8,18H,1-3H3. The van der Waals surface area contributed by atoms with Crippen LogP contribution in [0.15, 0.2) is 40.1 Å². The number of nitrogens with zero attached hydrogens (tertiary/aromatic N) is 4. The molecule has 8 nitrogen and oxygen atoms in total. The van der Waals surface area contributed by atoms with Crippen molar-refractivity contribution < 1.29 is 12.9 Å². The number of aromatic nitrogens is 4. The molecule has 0 saturated carbocycles. The molecule has 0 aliphatic heterocycles. The fourth-order valence-electron chi connectivity index (χ4n) is 2.27. The molecular weight excluding hydrogens is 318 g/mol. The number of anilines is 1. The summed E-state index contributed by atoms with van der Waals surface area (Å²) in [5, 5.41) is 3.66. The van der Waals surface area contributed by atoms with Gasteiger partial charge in [0.1, 0.15) is 17.3 Å². The largest absolute Gasteiger partial charge is 0.360 e. The Labute approximate surface area is 133 Å². The highest BCUT2D eigenvalue weighted by Crippen LogP contribution is 2.22. The highest BCUT2D eigenvalue weighted by atomic mass is 32.2. The van der Waals surface area contributed by atoms with Crippen LogP contribution >= 0.6 is 0 Å². The van der Waals surface area contributed by atoms with Gasteiger partial charge < -0.3 is 4.52 Å². The minimum atomic E-state index is -3.77. The van der Waals surface area contributed by atoms with Gasteiger partial charge in [-0.3, -0.25) is 9.29 Å². The lowest BCUT2D eigenvalue weighted by Crippen LogP contribution is -2.14. The lowest BCUT2D eigenvalue weighted by molar-refractivity contribution is 0.390. The topological polar surface area (TPSA) is 103 Å². The maximum absolute atomic E-state index is 12.4. The van der Waals surface area contributed by atoms with E-state index in [0.717, 1.165) is 5.82 Å². The molecule has 9 heteroatoms. The van der Waals surface area contributed by atoms with Crippen LogP contribution in [0.3, 0.4) is 0 Å². The van der Waals surface area contributed by atoms with Crippen molar-refractivity contribution in [3.05, 3.63) is 48.0 Å². The van der Waals surface area contributed by atoms with E-state index in [1.54, 1.807) is 42.9 Å². The summed E-state index contributed by atoms with van der Waals surface area (Å²) in [5.74, 6) is 1.69. The summed E-state index contributed by atoms with van der Waals surface area (Å²) in [4.78, 5) is 8.42. The van der Waals surface area contributed by atoms with Crippen molar-refractivity contribution in [2.45, 2.75) is 25.7 Å². The smallest absolute Gasteiger partial charge is 0.267 e. The van der Waals surface area contributed by atoms with Gasteiger partial charge in [0.2, 0.25) is 0 Å². The van der Waals surface area contributed by atoms with E-state index in [-0.39, 0.29) is 10.7 Å². The first-order valence-electron chi connectivity index (χ1n) is 6.80. The van der Waals surface area contributed by atoms with Crippen molar-refractivity contribution in [1.82, 2.24) is 19.7 Å². The van der Waals surface area contributed by atoms with Gasteiger partial charge in [-0.1, -0.05) is 5.16 Å². The average Bonchev–Trinajstić information content (AvgIpc) is 3.05. The van der Waals surface area contributed by atoms with Crippen LogP contribution in [0.2, 0.25) is 0 Å². The molecule has 1 N–H and O–H groups in total. The SMILES string of the molecule is Cc1noc(C)c1S(=O)(=O)Nc1ccc(-n2ccnc2C)nc1. The zero-order valence-electron chi connectivity index (χ0n) is 12.8. The predicted octanol–water partition coefficient (Wildman–Crippen LogP) is 1.98. The summed E-state index contributed by atoms with van der Waals surface area (Å²) < 4.78 is 34.0. The second-order valence-electron chi connectivity index (χ2n) is 5.01. The second kappa shape index (κ2) is 5.51. The van der Waals surface area contributed by atoms with Gasteiger partial charge in [0.25, 0.3) is 10.0 Å². The Morgan fingerprint density at radius 2 is 1.96 bits per heavy atom. The van der Waals surface area contributed by atoms with Gasteiger partial charge in [0.15, 0.2) is 10.7 Å². The van der Waals surface area contributed by atoms with Gasteiger partial charge in [0.05, 0.1) is 11.9 Å². The predicted molar refractivity (Wildman–Crippen MR) is 82.9 cm³/mol. The number of aryl methyl sites for hydroxylation is 3. The van der Waals surface area contributed by atoms with Gasteiger partial charge >= 0.3 is 0 Å². The van der Waals surface area contributed by atoms with E-state index in [4.69, 9.17) is 4.52 Å². The van der Waals surface area contributed by atoms with E-state index in [2.05, 4.69) is 19.8 Å². The molecule has 0 spiro atoms. The number of sulfonamides is 1. The van der Waals surface area contributed by atoms with Gasteiger partial charge in [-0.05, 0) is 32.9 Å². The molecule has 3 aromatic rings. The van der Waals surface area contributed by atoms with E-state index >= 15 is 0 Å². The van der Waals surface area contributed by atoms with Gasteiger partial charge in [-0.25, -0.2) is 18.4 Å². The first-order valence-corrected chi connectivity index (χ1v) is 8.29. The minimum Gasteiger partial charge on any atom is -0.360 e. The maximum Gasteiger partial charge on any atom is 0.267 e. The summed E-state index contributed by atoms with van der Waals surface area (Å²) in [6.45, 7) is 4.99. The average molecular weight is 333 g/mol. The van der Waals surface area contributed by atoms with Crippen LogP contribution in [0, 0.1) is 20.8 Å². The number of rotatable bonds is 4. The summed E-state index contributed by atoms with van der Waals surface area (Å²) in [5.41, 5.74) is 0.667. The molecular formula is C14H15N5O3S. The highest BCUT2D eigenvalue weighted by molar-refractivity contribution is 7.92. The lowest BCUT2D eigenvalue weighted by atomic mass is 10.4. The van der Waals surface area contributed by atoms with Crippen LogP contribution in [0.4, 0.5) is 5.69 Å². The summed E-state index contributed by atoms with van der Waals surface area (Å²) in [6.07, 6.45) is 4.90. The molecule has 0 unspecified atom stereocenters. The molecule has 3 heterocycles. The minimum absolute atomic E-state index is 0.0482. The van der Waals surface area contributed by atoms with Crippen LogP contribution in [-0.4, -0.2) is 28.1 Å². The summed E-state index contributed by atoms with van der Waals surface area (Å²) >= 11 is 0. The quantitative estimate of drug-likeness (QED) is 0.783. The first-order chi connectivity index (χ1) is 10.9. The Kier molecular flexibility index (Phi) is 3.64. The molecule has 0 bridgehead atoms. The van der Waals surface area contributed by atoms with Crippen LogP contribution in [0.1, 0.15) is 17.3 Å². The van der Waals surface area contributed by atoms with Crippen molar-refractivity contribution in [1.29, 1.82) is 0 Å². The molecule has 0 fully saturated rings. The summed E-state index contributed by atoms with van der Waals surface area (Å²) in [7, 11) is -3.77. The fraction of sp³-hybridized carbons (Fsp3) is 0.214. The third kappa shape index (κ3) is 2.82. The molecule has 0 aromatic carbocycles. The van der Waals surface area contributed by atoms with E-state index in [1.807, 2.05) is 6.92 Å². The monoisotopic (exact) mass is 333 g/mol. The Morgan fingerprint density at radius 1 is 1.17 bits per heavy atom. The van der Waals surface area contributed by atoms with Crippen molar-refractivity contribution in [2.75, 3.05) is 4.72 Å². The maximum atomic E-state index is 12.4. The zero-order chi connectivity index (χ0) is 16.6. The van der Waals surface area contributed by atoms with E-state index < -0.39 is 10.0 Å². The molecule has 3 rings (SSSR count). The van der Waals surface area contributed by atoms with Crippen LogP contribution in [0.5, 0.6) is 0 Å². The van der Waals surface area contributed by atoms with Crippen molar-refractivity contribution in [3.8, 4) is 5.82 Å². The molecule has 0 aliphatic rings. The fourth-order valence-corrected chi connectivity index (χ4v) is 3.65. The molecule has 0 saturated heterocycles. The Morgan fingerprint density at radius 3 is 2.48 bits per heavy atom. The number of pyridine rings is 1. The molecule has 0 radical (unpaired) electrons. The Hall–Kier alpha value is -2.68. The molecule has 23 heavy (non-hydrogen) atoms. The Bertz CT molecular complexity index is 922.